The summed E-state index contributed by atoms with van der Waals surface area (Å²) in [7, 11) is 4.07. The number of nitrogens with two attached hydrogens (primary N) is 1. The van der Waals surface area contributed by atoms with Crippen LogP contribution in [0.15, 0.2) is 0 Å². The molecule has 1 aliphatic carbocycles. The summed E-state index contributed by atoms with van der Waals surface area (Å²) in [4.78, 5) is 14.3. The van der Waals surface area contributed by atoms with Crippen LogP contribution < -0.4 is 11.1 Å². The Morgan fingerprint density at radius 2 is 1.71 bits per heavy atom. The standard InChI is InChI=1S/C15H31N3O.2ClH/c1-14(2,18(3)4)12-17-13(19)10-15(11-16)8-6-5-7-9-15;;/h5-12,16H2,1-4H3,(H,17,19);2*1H. The van der Waals surface area contributed by atoms with E-state index in [4.69, 9.17) is 5.73 Å². The Labute approximate surface area is 142 Å². The molecule has 3 N–H and O–H groups in total. The van der Waals surface area contributed by atoms with Crippen LogP contribution in [0.2, 0.25) is 0 Å². The van der Waals surface area contributed by atoms with Gasteiger partial charge in [0.25, 0.3) is 0 Å². The number of likely N-dealkylation sites (N-methyl/N-ethyl adjacent to an activating group) is 1. The summed E-state index contributed by atoms with van der Waals surface area (Å²) in [6, 6.07) is 0. The topological polar surface area (TPSA) is 58.4 Å². The average molecular weight is 342 g/mol. The third-order valence-electron chi connectivity index (χ3n) is 4.81. The molecule has 4 nitrogen and oxygen atoms in total. The third kappa shape index (κ3) is 7.18. The fourth-order valence-electron chi connectivity index (χ4n) is 2.63. The molecule has 1 aliphatic rings. The Morgan fingerprint density at radius 1 is 1.19 bits per heavy atom. The molecule has 1 fully saturated rings. The molecule has 0 radical (unpaired) electrons. The van der Waals surface area contributed by atoms with E-state index < -0.39 is 0 Å². The number of halogens is 2. The van der Waals surface area contributed by atoms with Gasteiger partial charge in [-0.1, -0.05) is 19.3 Å². The van der Waals surface area contributed by atoms with Gasteiger partial charge in [0, 0.05) is 18.5 Å². The van der Waals surface area contributed by atoms with E-state index in [2.05, 4.69) is 24.1 Å². The van der Waals surface area contributed by atoms with Crippen LogP contribution in [0, 0.1) is 5.41 Å². The Bertz CT molecular complexity index is 303. The molecule has 0 atom stereocenters. The first-order chi connectivity index (χ1) is 8.81. The first-order valence-corrected chi connectivity index (χ1v) is 7.46. The van der Waals surface area contributed by atoms with Crippen molar-refractivity contribution in [3.8, 4) is 0 Å². The molecule has 128 valence electrons. The molecule has 0 aliphatic heterocycles. The number of nitrogens with zero attached hydrogens (tertiary/aromatic N) is 1. The molecule has 1 saturated carbocycles. The molecule has 0 saturated heterocycles. The molecule has 6 heteroatoms. The lowest BCUT2D eigenvalue weighted by molar-refractivity contribution is -0.124. The number of hydrogen-bond acceptors (Lipinski definition) is 3. The van der Waals surface area contributed by atoms with Gasteiger partial charge in [-0.3, -0.25) is 4.79 Å². The number of nitrogens with one attached hydrogen (secondary N) is 1. The Morgan fingerprint density at radius 3 is 2.14 bits per heavy atom. The lowest BCUT2D eigenvalue weighted by atomic mass is 9.71. The van der Waals surface area contributed by atoms with Crippen molar-refractivity contribution in [3.05, 3.63) is 0 Å². The first-order valence-electron chi connectivity index (χ1n) is 7.46. The zero-order chi connectivity index (χ0) is 14.5. The van der Waals surface area contributed by atoms with Crippen molar-refractivity contribution in [3.63, 3.8) is 0 Å². The van der Waals surface area contributed by atoms with Gasteiger partial charge in [-0.15, -0.1) is 24.8 Å². The van der Waals surface area contributed by atoms with Crippen molar-refractivity contribution in [2.75, 3.05) is 27.2 Å². The zero-order valence-electron chi connectivity index (χ0n) is 13.9. The molecular formula is C15H33Cl2N3O. The lowest BCUT2D eigenvalue weighted by Crippen LogP contribution is -2.49. The highest BCUT2D eigenvalue weighted by atomic mass is 35.5. The summed E-state index contributed by atoms with van der Waals surface area (Å²) in [6.07, 6.45) is 6.52. The van der Waals surface area contributed by atoms with Gasteiger partial charge in [0.15, 0.2) is 0 Å². The summed E-state index contributed by atoms with van der Waals surface area (Å²) in [5.41, 5.74) is 5.97. The van der Waals surface area contributed by atoms with Crippen LogP contribution >= 0.6 is 24.8 Å². The smallest absolute Gasteiger partial charge is 0.220 e. The summed E-state index contributed by atoms with van der Waals surface area (Å²) in [5, 5.41) is 3.07. The van der Waals surface area contributed by atoms with E-state index >= 15 is 0 Å². The number of rotatable bonds is 6. The van der Waals surface area contributed by atoms with E-state index in [0.717, 1.165) is 12.8 Å². The van der Waals surface area contributed by atoms with Crippen molar-refractivity contribution in [1.29, 1.82) is 0 Å². The van der Waals surface area contributed by atoms with Crippen LogP contribution in [0.5, 0.6) is 0 Å². The molecule has 0 bridgehead atoms. The third-order valence-corrected chi connectivity index (χ3v) is 4.81. The number of hydrogen-bond donors (Lipinski definition) is 2. The van der Waals surface area contributed by atoms with Gasteiger partial charge >= 0.3 is 0 Å². The number of amides is 1. The molecule has 0 unspecified atom stereocenters. The van der Waals surface area contributed by atoms with E-state index in [1.54, 1.807) is 0 Å². The molecule has 1 rings (SSSR count). The van der Waals surface area contributed by atoms with E-state index in [1.165, 1.54) is 19.3 Å². The highest BCUT2D eigenvalue weighted by Gasteiger charge is 2.33. The van der Waals surface area contributed by atoms with E-state index in [0.29, 0.717) is 19.5 Å². The van der Waals surface area contributed by atoms with Crippen molar-refractivity contribution < 1.29 is 4.79 Å². The molecular weight excluding hydrogens is 309 g/mol. The summed E-state index contributed by atoms with van der Waals surface area (Å²) < 4.78 is 0. The Kier molecular flexibility index (Phi) is 10.9. The number of carbonyl (C=O) groups is 1. The maximum atomic E-state index is 12.2. The van der Waals surface area contributed by atoms with Gasteiger partial charge in [-0.25, -0.2) is 0 Å². The average Bonchev–Trinajstić information content (AvgIpc) is 2.37. The minimum absolute atomic E-state index is 0. The minimum Gasteiger partial charge on any atom is -0.354 e. The maximum absolute atomic E-state index is 12.2. The summed E-state index contributed by atoms with van der Waals surface area (Å²) in [5.74, 6) is 0.155. The van der Waals surface area contributed by atoms with Gasteiger partial charge in [-0.05, 0) is 52.7 Å². The van der Waals surface area contributed by atoms with Crippen molar-refractivity contribution in [2.45, 2.75) is 57.9 Å². The monoisotopic (exact) mass is 341 g/mol. The van der Waals surface area contributed by atoms with Crippen molar-refractivity contribution in [1.82, 2.24) is 10.2 Å². The zero-order valence-corrected chi connectivity index (χ0v) is 15.5. The summed E-state index contributed by atoms with van der Waals surface area (Å²) >= 11 is 0. The molecule has 0 aromatic carbocycles. The quantitative estimate of drug-likeness (QED) is 0.780. The summed E-state index contributed by atoms with van der Waals surface area (Å²) in [6.45, 7) is 5.58. The predicted octanol–water partition coefficient (Wildman–Crippen LogP) is 2.59. The van der Waals surface area contributed by atoms with Crippen LogP contribution in [0.3, 0.4) is 0 Å². The largest absolute Gasteiger partial charge is 0.354 e. The second-order valence-corrected chi connectivity index (χ2v) is 6.93. The van der Waals surface area contributed by atoms with Crippen molar-refractivity contribution >= 4 is 30.7 Å². The van der Waals surface area contributed by atoms with Gasteiger partial charge in [0.2, 0.25) is 5.91 Å². The van der Waals surface area contributed by atoms with Gasteiger partial charge in [0.05, 0.1) is 0 Å². The van der Waals surface area contributed by atoms with Crippen LogP contribution in [-0.4, -0.2) is 43.5 Å². The number of carbonyl (C=O) groups excluding carboxylic acids is 1. The van der Waals surface area contributed by atoms with Gasteiger partial charge in [-0.2, -0.15) is 0 Å². The van der Waals surface area contributed by atoms with E-state index in [1.807, 2.05) is 14.1 Å². The van der Waals surface area contributed by atoms with Gasteiger partial charge < -0.3 is 16.0 Å². The Hall–Kier alpha value is -0.0300. The normalized spacial score (nSPS) is 17.6. The second kappa shape index (κ2) is 9.88. The van der Waals surface area contributed by atoms with Crippen LogP contribution in [0.1, 0.15) is 52.4 Å². The lowest BCUT2D eigenvalue weighted by Gasteiger charge is -2.37. The van der Waals surface area contributed by atoms with Gasteiger partial charge in [0.1, 0.15) is 0 Å². The predicted molar refractivity (Wildman–Crippen MR) is 94.5 cm³/mol. The van der Waals surface area contributed by atoms with E-state index in [9.17, 15) is 4.79 Å². The second-order valence-electron chi connectivity index (χ2n) is 6.93. The highest BCUT2D eigenvalue weighted by Crippen LogP contribution is 2.38. The Balaban J connectivity index is 0. The molecule has 0 aromatic rings. The van der Waals surface area contributed by atoms with Crippen LogP contribution in [0.4, 0.5) is 0 Å². The molecule has 1 amide bonds. The van der Waals surface area contributed by atoms with E-state index in [-0.39, 0.29) is 41.7 Å². The molecule has 0 aromatic heterocycles. The van der Waals surface area contributed by atoms with Crippen molar-refractivity contribution in [2.24, 2.45) is 11.1 Å². The minimum atomic E-state index is -0.0158. The highest BCUT2D eigenvalue weighted by molar-refractivity contribution is 5.85. The molecule has 0 spiro atoms. The molecule has 21 heavy (non-hydrogen) atoms. The SMILES string of the molecule is CN(C)C(C)(C)CNC(=O)CC1(CN)CCCCC1.Cl.Cl. The van der Waals surface area contributed by atoms with Crippen LogP contribution in [0.25, 0.3) is 0 Å². The first kappa shape index (κ1) is 23.2. The fraction of sp³-hybridized carbons (Fsp3) is 0.933. The maximum Gasteiger partial charge on any atom is 0.220 e. The fourth-order valence-corrected chi connectivity index (χ4v) is 2.63. The van der Waals surface area contributed by atoms with Crippen LogP contribution in [-0.2, 0) is 4.79 Å². The molecule has 0 heterocycles.